The zero-order valence-corrected chi connectivity index (χ0v) is 5.72. The third-order valence-corrected chi connectivity index (χ3v) is 1.27. The summed E-state index contributed by atoms with van der Waals surface area (Å²) in [6.07, 6.45) is 9.56. The fourth-order valence-corrected chi connectivity index (χ4v) is 0.849. The first-order valence-electron chi connectivity index (χ1n) is 3.37. The highest BCUT2D eigenvalue weighted by Crippen LogP contribution is 2.05. The van der Waals surface area contributed by atoms with Gasteiger partial charge < -0.3 is 5.32 Å². The Morgan fingerprint density at radius 3 is 3.11 bits per heavy atom. The van der Waals surface area contributed by atoms with Crippen molar-refractivity contribution >= 4 is 0 Å². The Morgan fingerprint density at radius 2 is 2.56 bits per heavy atom. The van der Waals surface area contributed by atoms with Crippen LogP contribution in [0.5, 0.6) is 0 Å². The Hall–Kier alpha value is -0.720. The number of rotatable bonds is 2. The molecule has 1 heteroatoms. The van der Waals surface area contributed by atoms with Crippen LogP contribution in [0.3, 0.4) is 0 Å². The summed E-state index contributed by atoms with van der Waals surface area (Å²) in [5.41, 5.74) is 1.25. The van der Waals surface area contributed by atoms with E-state index >= 15 is 0 Å². The Morgan fingerprint density at radius 1 is 1.67 bits per heavy atom. The molecule has 1 aliphatic carbocycles. The van der Waals surface area contributed by atoms with Crippen molar-refractivity contribution in [3.63, 3.8) is 0 Å². The minimum Gasteiger partial charge on any atom is -0.388 e. The molecule has 49 valence electrons. The molecule has 0 heterocycles. The Labute approximate surface area is 56.5 Å². The van der Waals surface area contributed by atoms with E-state index in [1.165, 1.54) is 5.70 Å². The summed E-state index contributed by atoms with van der Waals surface area (Å²) in [5, 5.41) is 3.24. The molecular formula is C8H12N. The van der Waals surface area contributed by atoms with Crippen LogP contribution in [-0.4, -0.2) is 6.54 Å². The molecule has 0 saturated heterocycles. The van der Waals surface area contributed by atoms with Crippen LogP contribution in [-0.2, 0) is 0 Å². The van der Waals surface area contributed by atoms with Crippen molar-refractivity contribution in [2.45, 2.75) is 13.3 Å². The molecule has 0 amide bonds. The molecular weight excluding hydrogens is 110 g/mol. The number of allylic oxidation sites excluding steroid dienone is 4. The maximum Gasteiger partial charge on any atom is 0.0148 e. The summed E-state index contributed by atoms with van der Waals surface area (Å²) in [6.45, 7) is 3.11. The highest BCUT2D eigenvalue weighted by atomic mass is 14.9. The van der Waals surface area contributed by atoms with Crippen LogP contribution in [0.1, 0.15) is 13.3 Å². The van der Waals surface area contributed by atoms with E-state index in [-0.39, 0.29) is 0 Å². The molecule has 0 aromatic rings. The summed E-state index contributed by atoms with van der Waals surface area (Å²) in [5.74, 6) is 0. The van der Waals surface area contributed by atoms with Crippen LogP contribution in [0.15, 0.2) is 23.9 Å². The molecule has 0 aliphatic heterocycles. The highest BCUT2D eigenvalue weighted by molar-refractivity contribution is 5.24. The first-order valence-corrected chi connectivity index (χ1v) is 3.37. The third kappa shape index (κ3) is 1.92. The lowest BCUT2D eigenvalue weighted by molar-refractivity contribution is 0.847. The molecule has 1 nitrogen and oxygen atoms in total. The van der Waals surface area contributed by atoms with Gasteiger partial charge in [-0.2, -0.15) is 0 Å². The van der Waals surface area contributed by atoms with Crippen molar-refractivity contribution in [1.29, 1.82) is 0 Å². The quantitative estimate of drug-likeness (QED) is 0.587. The fourth-order valence-electron chi connectivity index (χ4n) is 0.849. The number of hydrogen-bond acceptors (Lipinski definition) is 1. The summed E-state index contributed by atoms with van der Waals surface area (Å²) in [7, 11) is 0. The molecule has 0 spiro atoms. The topological polar surface area (TPSA) is 12.0 Å². The summed E-state index contributed by atoms with van der Waals surface area (Å²) in [6, 6.07) is 0. The molecule has 0 bridgehead atoms. The van der Waals surface area contributed by atoms with Crippen LogP contribution in [0, 0.1) is 6.42 Å². The average Bonchev–Trinajstić information content (AvgIpc) is 1.91. The van der Waals surface area contributed by atoms with E-state index < -0.39 is 0 Å². The fraction of sp³-hybridized carbons (Fsp3) is 0.375. The van der Waals surface area contributed by atoms with E-state index in [1.54, 1.807) is 0 Å². The van der Waals surface area contributed by atoms with Gasteiger partial charge in [-0.25, -0.2) is 0 Å². The maximum absolute atomic E-state index is 3.24. The van der Waals surface area contributed by atoms with Crippen molar-refractivity contribution in [1.82, 2.24) is 5.32 Å². The van der Waals surface area contributed by atoms with Crippen LogP contribution >= 0.6 is 0 Å². The smallest absolute Gasteiger partial charge is 0.0148 e. The molecule has 0 fully saturated rings. The van der Waals surface area contributed by atoms with Crippen molar-refractivity contribution in [3.8, 4) is 0 Å². The van der Waals surface area contributed by atoms with E-state index in [9.17, 15) is 0 Å². The summed E-state index contributed by atoms with van der Waals surface area (Å²) >= 11 is 0. The van der Waals surface area contributed by atoms with Gasteiger partial charge in [0.05, 0.1) is 0 Å². The maximum atomic E-state index is 3.24. The van der Waals surface area contributed by atoms with Crippen molar-refractivity contribution < 1.29 is 0 Å². The molecule has 0 aromatic carbocycles. The van der Waals surface area contributed by atoms with Crippen LogP contribution in [0.4, 0.5) is 0 Å². The number of nitrogens with one attached hydrogen (secondary N) is 1. The van der Waals surface area contributed by atoms with Gasteiger partial charge >= 0.3 is 0 Å². The number of hydrogen-bond donors (Lipinski definition) is 1. The standard InChI is InChI=1S/C8H12N/c1-2-9-8-6-4-3-5-7-8/h3-4,6-7,9H,2,5H2,1H3. The highest BCUT2D eigenvalue weighted by Gasteiger charge is 1.95. The molecule has 1 aliphatic rings. The molecule has 0 saturated carbocycles. The van der Waals surface area contributed by atoms with Gasteiger partial charge in [-0.15, -0.1) is 0 Å². The normalized spacial score (nSPS) is 17.2. The van der Waals surface area contributed by atoms with Gasteiger partial charge in [0.2, 0.25) is 0 Å². The molecule has 1 radical (unpaired) electrons. The molecule has 1 rings (SSSR count). The lowest BCUT2D eigenvalue weighted by atomic mass is 10.1. The second-order valence-electron chi connectivity index (χ2n) is 2.02. The van der Waals surface area contributed by atoms with E-state index in [0.717, 1.165) is 13.0 Å². The summed E-state index contributed by atoms with van der Waals surface area (Å²) < 4.78 is 0. The van der Waals surface area contributed by atoms with Gasteiger partial charge in [0.25, 0.3) is 0 Å². The van der Waals surface area contributed by atoms with Crippen molar-refractivity contribution in [3.05, 3.63) is 30.3 Å². The largest absolute Gasteiger partial charge is 0.388 e. The zero-order chi connectivity index (χ0) is 6.53. The van der Waals surface area contributed by atoms with E-state index in [4.69, 9.17) is 0 Å². The van der Waals surface area contributed by atoms with Crippen LogP contribution in [0.2, 0.25) is 0 Å². The van der Waals surface area contributed by atoms with Crippen LogP contribution in [0.25, 0.3) is 0 Å². The van der Waals surface area contributed by atoms with Gasteiger partial charge in [-0.3, -0.25) is 0 Å². The SMILES string of the molecule is CCNC1=CC=CC[CH]1. The monoisotopic (exact) mass is 122 g/mol. The minimum absolute atomic E-state index is 1.01. The minimum atomic E-state index is 1.01. The lowest BCUT2D eigenvalue weighted by Gasteiger charge is -2.08. The molecule has 0 atom stereocenters. The van der Waals surface area contributed by atoms with Gasteiger partial charge in [0, 0.05) is 18.7 Å². The van der Waals surface area contributed by atoms with E-state index in [0.29, 0.717) is 0 Å². The third-order valence-electron chi connectivity index (χ3n) is 1.27. The molecule has 9 heavy (non-hydrogen) atoms. The second kappa shape index (κ2) is 3.33. The van der Waals surface area contributed by atoms with Gasteiger partial charge in [-0.05, 0) is 19.4 Å². The molecule has 0 aromatic heterocycles. The second-order valence-corrected chi connectivity index (χ2v) is 2.02. The van der Waals surface area contributed by atoms with E-state index in [2.05, 4.69) is 36.9 Å². The van der Waals surface area contributed by atoms with Gasteiger partial charge in [0.15, 0.2) is 0 Å². The first kappa shape index (κ1) is 6.40. The Kier molecular flexibility index (Phi) is 2.37. The van der Waals surface area contributed by atoms with E-state index in [1.807, 2.05) is 0 Å². The lowest BCUT2D eigenvalue weighted by Crippen LogP contribution is -2.12. The van der Waals surface area contributed by atoms with Crippen LogP contribution < -0.4 is 5.32 Å². The average molecular weight is 122 g/mol. The summed E-state index contributed by atoms with van der Waals surface area (Å²) in [4.78, 5) is 0. The Balaban J connectivity index is 2.38. The predicted octanol–water partition coefficient (Wildman–Crippen LogP) is 1.64. The zero-order valence-electron chi connectivity index (χ0n) is 5.72. The molecule has 0 unspecified atom stereocenters. The Bertz CT molecular complexity index is 134. The molecule has 1 N–H and O–H groups in total. The van der Waals surface area contributed by atoms with Gasteiger partial charge in [0.1, 0.15) is 0 Å². The predicted molar refractivity (Wildman–Crippen MR) is 39.8 cm³/mol. The van der Waals surface area contributed by atoms with Gasteiger partial charge in [-0.1, -0.05) is 12.2 Å². The van der Waals surface area contributed by atoms with Crippen molar-refractivity contribution in [2.75, 3.05) is 6.54 Å². The first-order chi connectivity index (χ1) is 4.43. The van der Waals surface area contributed by atoms with Crippen molar-refractivity contribution in [2.24, 2.45) is 0 Å².